The maximum absolute atomic E-state index is 11.7. The molecule has 1 aliphatic heterocycles. The lowest BCUT2D eigenvalue weighted by atomic mass is 10.1. The second kappa shape index (κ2) is 8.53. The molecule has 2 aromatic rings. The van der Waals surface area contributed by atoms with Gasteiger partial charge in [0.2, 0.25) is 0 Å². The van der Waals surface area contributed by atoms with E-state index in [1.807, 2.05) is 0 Å². The van der Waals surface area contributed by atoms with E-state index >= 15 is 0 Å². The zero-order chi connectivity index (χ0) is 18.5. The first-order chi connectivity index (χ1) is 12.5. The van der Waals surface area contributed by atoms with Gasteiger partial charge in [-0.2, -0.15) is 0 Å². The molecule has 1 aromatic heterocycles. The van der Waals surface area contributed by atoms with E-state index in [1.165, 1.54) is 0 Å². The molecule has 0 saturated carbocycles. The van der Waals surface area contributed by atoms with Gasteiger partial charge >= 0.3 is 5.97 Å². The molecule has 7 nitrogen and oxygen atoms in total. The van der Waals surface area contributed by atoms with Gasteiger partial charge in [0.15, 0.2) is 17.1 Å². The topological polar surface area (TPSA) is 98.8 Å². The van der Waals surface area contributed by atoms with Crippen molar-refractivity contribution >= 4 is 23.4 Å². The third-order valence-electron chi connectivity index (χ3n) is 4.44. The number of hydrogen-bond donors (Lipinski definition) is 3. The number of nitrogens with zero attached hydrogens (tertiary/aromatic N) is 2. The van der Waals surface area contributed by atoms with E-state index in [2.05, 4.69) is 15.4 Å². The summed E-state index contributed by atoms with van der Waals surface area (Å²) in [5, 5.41) is 26.7. The smallest absolute Gasteiger partial charge is 0.343 e. The summed E-state index contributed by atoms with van der Waals surface area (Å²) in [5.74, 6) is -0.671. The number of carboxylic acids is 1. The van der Waals surface area contributed by atoms with Gasteiger partial charge in [-0.3, -0.25) is 0 Å². The number of carboxylic acid groups (broad SMARTS) is 1. The third kappa shape index (κ3) is 4.55. The number of carbonyl (C=O) groups is 1. The molecule has 2 heterocycles. The quantitative estimate of drug-likeness (QED) is 0.636. The maximum atomic E-state index is 11.7. The van der Waals surface area contributed by atoms with Crippen LogP contribution in [0, 0.1) is 0 Å². The molecule has 140 valence electrons. The Kier molecular flexibility index (Phi) is 6.13. The zero-order valence-electron chi connectivity index (χ0n) is 14.3. The number of halogens is 1. The molecular formula is C18H22ClN3O4. The fraction of sp³-hybridized carbons (Fsp3) is 0.444. The molecular weight excluding hydrogens is 358 g/mol. The molecule has 1 aromatic carbocycles. The molecule has 0 aliphatic carbocycles. The van der Waals surface area contributed by atoms with Crippen LogP contribution in [0.25, 0.3) is 11.3 Å². The minimum Gasteiger partial charge on any atom is -0.477 e. The van der Waals surface area contributed by atoms with E-state index in [-0.39, 0.29) is 23.2 Å². The molecule has 0 bridgehead atoms. The van der Waals surface area contributed by atoms with E-state index in [0.29, 0.717) is 23.7 Å². The summed E-state index contributed by atoms with van der Waals surface area (Å²) in [4.78, 5) is 13.9. The average Bonchev–Trinajstić information content (AvgIpc) is 3.03. The summed E-state index contributed by atoms with van der Waals surface area (Å²) < 4.78 is 5.26. The lowest BCUT2D eigenvalue weighted by Crippen LogP contribution is -2.39. The monoisotopic (exact) mass is 379 g/mol. The number of aromatic nitrogens is 1. The Morgan fingerprint density at radius 1 is 1.38 bits per heavy atom. The number of likely N-dealkylation sites (tertiary alicyclic amines) is 1. The first-order valence-corrected chi connectivity index (χ1v) is 9.05. The van der Waals surface area contributed by atoms with Gasteiger partial charge < -0.3 is 25.0 Å². The Bertz CT molecular complexity index is 747. The van der Waals surface area contributed by atoms with Crippen molar-refractivity contribution in [2.24, 2.45) is 0 Å². The number of rotatable bonds is 7. The van der Waals surface area contributed by atoms with Gasteiger partial charge in [-0.25, -0.2) is 4.79 Å². The Balaban J connectivity index is 1.61. The summed E-state index contributed by atoms with van der Waals surface area (Å²) in [6.07, 6.45) is 2.44. The lowest BCUT2D eigenvalue weighted by Gasteiger charge is -2.29. The Hall–Kier alpha value is -2.09. The average molecular weight is 380 g/mol. The highest BCUT2D eigenvalue weighted by Crippen LogP contribution is 2.30. The fourth-order valence-electron chi connectivity index (χ4n) is 3.15. The Labute approximate surface area is 156 Å². The molecule has 0 radical (unpaired) electrons. The van der Waals surface area contributed by atoms with Crippen LogP contribution in [0.3, 0.4) is 0 Å². The molecule has 8 heteroatoms. The van der Waals surface area contributed by atoms with Crippen molar-refractivity contribution in [3.8, 4) is 11.3 Å². The molecule has 0 amide bonds. The van der Waals surface area contributed by atoms with Gasteiger partial charge in [0, 0.05) is 23.7 Å². The SMILES string of the molecule is O=C(O)c1c(NCCCN2CCCC(O)C2)noc1-c1ccc(Cl)cc1. The van der Waals surface area contributed by atoms with E-state index < -0.39 is 5.97 Å². The predicted molar refractivity (Wildman–Crippen MR) is 98.7 cm³/mol. The van der Waals surface area contributed by atoms with Crippen molar-refractivity contribution in [2.45, 2.75) is 25.4 Å². The van der Waals surface area contributed by atoms with Gasteiger partial charge in [0.25, 0.3) is 0 Å². The molecule has 1 aliphatic rings. The summed E-state index contributed by atoms with van der Waals surface area (Å²) in [5.41, 5.74) is 0.621. The maximum Gasteiger partial charge on any atom is 0.343 e. The predicted octanol–water partition coefficient (Wildman–Crippen LogP) is 2.95. The second-order valence-electron chi connectivity index (χ2n) is 6.42. The summed E-state index contributed by atoms with van der Waals surface area (Å²) in [6, 6.07) is 6.73. The standard InChI is InChI=1S/C18H22ClN3O4/c19-13-6-4-12(5-7-13)16-15(18(24)25)17(21-26-16)20-8-2-10-22-9-1-3-14(23)11-22/h4-7,14,23H,1-3,8-11H2,(H,20,21)(H,24,25). The number of aliphatic hydroxyl groups excluding tert-OH is 1. The number of aromatic carboxylic acids is 1. The molecule has 1 fully saturated rings. The van der Waals surface area contributed by atoms with Crippen LogP contribution in [0.4, 0.5) is 5.82 Å². The number of hydrogen-bond acceptors (Lipinski definition) is 6. The van der Waals surface area contributed by atoms with Crippen LogP contribution in [0.15, 0.2) is 28.8 Å². The number of piperidine rings is 1. The van der Waals surface area contributed by atoms with Crippen molar-refractivity contribution in [1.29, 1.82) is 0 Å². The molecule has 1 unspecified atom stereocenters. The fourth-order valence-corrected chi connectivity index (χ4v) is 3.28. The van der Waals surface area contributed by atoms with E-state index in [0.717, 1.165) is 32.4 Å². The van der Waals surface area contributed by atoms with Crippen LogP contribution in [-0.2, 0) is 0 Å². The van der Waals surface area contributed by atoms with Crippen LogP contribution in [0.1, 0.15) is 29.6 Å². The molecule has 0 spiro atoms. The van der Waals surface area contributed by atoms with Gasteiger partial charge in [0.05, 0.1) is 6.10 Å². The summed E-state index contributed by atoms with van der Waals surface area (Å²) in [6.45, 7) is 3.10. The molecule has 26 heavy (non-hydrogen) atoms. The summed E-state index contributed by atoms with van der Waals surface area (Å²) >= 11 is 5.87. The number of aliphatic hydroxyl groups is 1. The largest absolute Gasteiger partial charge is 0.477 e. The first kappa shape index (κ1) is 18.7. The van der Waals surface area contributed by atoms with Crippen LogP contribution >= 0.6 is 11.6 Å². The van der Waals surface area contributed by atoms with Crippen molar-refractivity contribution in [3.05, 3.63) is 34.9 Å². The second-order valence-corrected chi connectivity index (χ2v) is 6.86. The highest BCUT2D eigenvalue weighted by molar-refractivity contribution is 6.30. The van der Waals surface area contributed by atoms with Crippen LogP contribution < -0.4 is 5.32 Å². The molecule has 3 N–H and O–H groups in total. The van der Waals surface area contributed by atoms with E-state index in [1.54, 1.807) is 24.3 Å². The third-order valence-corrected chi connectivity index (χ3v) is 4.69. The van der Waals surface area contributed by atoms with E-state index in [9.17, 15) is 15.0 Å². The zero-order valence-corrected chi connectivity index (χ0v) is 15.1. The van der Waals surface area contributed by atoms with Gasteiger partial charge in [-0.1, -0.05) is 16.8 Å². The molecule has 1 atom stereocenters. The van der Waals surface area contributed by atoms with Crippen LogP contribution in [0.2, 0.25) is 5.02 Å². The van der Waals surface area contributed by atoms with Crippen molar-refractivity contribution < 1.29 is 19.5 Å². The number of benzene rings is 1. The minimum absolute atomic E-state index is 0.0146. The van der Waals surface area contributed by atoms with E-state index in [4.69, 9.17) is 16.1 Å². The van der Waals surface area contributed by atoms with Gasteiger partial charge in [0.1, 0.15) is 0 Å². The Morgan fingerprint density at radius 3 is 2.85 bits per heavy atom. The van der Waals surface area contributed by atoms with Crippen molar-refractivity contribution in [2.75, 3.05) is 31.5 Å². The normalized spacial score (nSPS) is 18.0. The van der Waals surface area contributed by atoms with Crippen LogP contribution in [0.5, 0.6) is 0 Å². The minimum atomic E-state index is -1.10. The van der Waals surface area contributed by atoms with Gasteiger partial charge in [-0.15, -0.1) is 0 Å². The number of nitrogens with one attached hydrogen (secondary N) is 1. The van der Waals surface area contributed by atoms with Crippen LogP contribution in [-0.4, -0.2) is 58.5 Å². The molecule has 3 rings (SSSR count). The first-order valence-electron chi connectivity index (χ1n) is 8.68. The Morgan fingerprint density at radius 2 is 2.15 bits per heavy atom. The van der Waals surface area contributed by atoms with Crippen molar-refractivity contribution in [1.82, 2.24) is 10.1 Å². The lowest BCUT2D eigenvalue weighted by molar-refractivity contribution is 0.0694. The van der Waals surface area contributed by atoms with Crippen molar-refractivity contribution in [3.63, 3.8) is 0 Å². The highest BCUT2D eigenvalue weighted by Gasteiger charge is 2.24. The molecule has 1 saturated heterocycles. The summed E-state index contributed by atoms with van der Waals surface area (Å²) in [7, 11) is 0. The number of anilines is 1. The van der Waals surface area contributed by atoms with Gasteiger partial charge in [-0.05, 0) is 56.6 Å². The number of β-amino-alcohol motifs (C(OH)–C–C–N with tert-alkyl or cyclic N) is 1. The highest BCUT2D eigenvalue weighted by atomic mass is 35.5.